The van der Waals surface area contributed by atoms with Gasteiger partial charge in [0.1, 0.15) is 5.75 Å². The van der Waals surface area contributed by atoms with E-state index in [1.165, 1.54) is 44.6 Å². The van der Waals surface area contributed by atoms with Crippen LogP contribution in [0.2, 0.25) is 0 Å². The third kappa shape index (κ3) is 2.86. The van der Waals surface area contributed by atoms with E-state index in [-0.39, 0.29) is 0 Å². The van der Waals surface area contributed by atoms with Crippen molar-refractivity contribution in [1.82, 2.24) is 20.4 Å². The molecular weight excluding hydrogens is 288 g/mol. The Morgan fingerprint density at radius 2 is 2.13 bits per heavy atom. The second-order valence-corrected chi connectivity index (χ2v) is 6.89. The minimum Gasteiger partial charge on any atom is -0.497 e. The molecule has 2 N–H and O–H groups in total. The van der Waals surface area contributed by atoms with Crippen molar-refractivity contribution in [2.24, 2.45) is 5.41 Å². The van der Waals surface area contributed by atoms with Crippen LogP contribution >= 0.6 is 0 Å². The first-order chi connectivity index (χ1) is 11.3. The highest BCUT2D eigenvalue weighted by molar-refractivity contribution is 5.63. The molecule has 2 aliphatic heterocycles. The maximum Gasteiger partial charge on any atom is 0.118 e. The van der Waals surface area contributed by atoms with Gasteiger partial charge in [0.25, 0.3) is 0 Å². The Kier molecular flexibility index (Phi) is 3.83. The van der Waals surface area contributed by atoms with Crippen LogP contribution in [0, 0.1) is 5.41 Å². The first-order valence-corrected chi connectivity index (χ1v) is 8.38. The van der Waals surface area contributed by atoms with Gasteiger partial charge in [-0.25, -0.2) is 0 Å². The van der Waals surface area contributed by atoms with Crippen molar-refractivity contribution < 1.29 is 4.74 Å². The molecule has 2 fully saturated rings. The second kappa shape index (κ2) is 5.98. The number of likely N-dealkylation sites (tertiary alicyclic amines) is 1. The Labute approximate surface area is 137 Å². The number of aromatic nitrogens is 2. The van der Waals surface area contributed by atoms with E-state index in [2.05, 4.69) is 32.5 Å². The van der Waals surface area contributed by atoms with Crippen molar-refractivity contribution >= 4 is 0 Å². The Morgan fingerprint density at radius 3 is 2.87 bits per heavy atom. The highest BCUT2D eigenvalue weighted by Crippen LogP contribution is 2.37. The maximum atomic E-state index is 5.24. The van der Waals surface area contributed by atoms with Gasteiger partial charge in [0.05, 0.1) is 19.0 Å². The lowest BCUT2D eigenvalue weighted by molar-refractivity contribution is 0.269. The zero-order valence-corrected chi connectivity index (χ0v) is 13.6. The first kappa shape index (κ1) is 14.7. The molecule has 5 heteroatoms. The fourth-order valence-corrected chi connectivity index (χ4v) is 3.99. The number of nitrogens with zero attached hydrogens (tertiary/aromatic N) is 2. The quantitative estimate of drug-likeness (QED) is 0.909. The molecule has 3 heterocycles. The molecule has 23 heavy (non-hydrogen) atoms. The van der Waals surface area contributed by atoms with Gasteiger partial charge in [0.2, 0.25) is 0 Å². The monoisotopic (exact) mass is 312 g/mol. The lowest BCUT2D eigenvalue weighted by atomic mass is 9.86. The van der Waals surface area contributed by atoms with Gasteiger partial charge in [-0.1, -0.05) is 0 Å². The summed E-state index contributed by atoms with van der Waals surface area (Å²) in [6, 6.07) is 8.16. The molecule has 4 rings (SSSR count). The molecule has 1 spiro atoms. The van der Waals surface area contributed by atoms with Crippen LogP contribution < -0.4 is 10.1 Å². The molecule has 0 radical (unpaired) electrons. The fourth-order valence-electron chi connectivity index (χ4n) is 3.99. The van der Waals surface area contributed by atoms with E-state index in [9.17, 15) is 0 Å². The van der Waals surface area contributed by atoms with Crippen LogP contribution in [0.1, 0.15) is 18.4 Å². The summed E-state index contributed by atoms with van der Waals surface area (Å²) in [7, 11) is 1.69. The van der Waals surface area contributed by atoms with Crippen LogP contribution in [0.3, 0.4) is 0 Å². The van der Waals surface area contributed by atoms with Gasteiger partial charge in [-0.05, 0) is 55.6 Å². The molecule has 122 valence electrons. The predicted molar refractivity (Wildman–Crippen MR) is 90.4 cm³/mol. The minimum atomic E-state index is 0.518. The molecule has 1 atom stereocenters. The topological polar surface area (TPSA) is 53.2 Å². The van der Waals surface area contributed by atoms with Crippen LogP contribution in [-0.2, 0) is 6.54 Å². The van der Waals surface area contributed by atoms with Gasteiger partial charge < -0.3 is 10.1 Å². The molecule has 5 nitrogen and oxygen atoms in total. The Morgan fingerprint density at radius 1 is 1.26 bits per heavy atom. The van der Waals surface area contributed by atoms with Gasteiger partial charge in [-0.3, -0.25) is 10.00 Å². The van der Waals surface area contributed by atoms with Crippen LogP contribution in [0.4, 0.5) is 0 Å². The van der Waals surface area contributed by atoms with E-state index in [1.807, 2.05) is 18.3 Å². The summed E-state index contributed by atoms with van der Waals surface area (Å²) in [5, 5.41) is 11.0. The van der Waals surface area contributed by atoms with Crippen LogP contribution in [0.25, 0.3) is 11.3 Å². The summed E-state index contributed by atoms with van der Waals surface area (Å²) < 4.78 is 5.24. The highest BCUT2D eigenvalue weighted by Gasteiger charge is 2.40. The third-order valence-corrected chi connectivity index (χ3v) is 5.34. The summed E-state index contributed by atoms with van der Waals surface area (Å²) in [5.41, 5.74) is 4.08. The van der Waals surface area contributed by atoms with Gasteiger partial charge in [-0.15, -0.1) is 0 Å². The van der Waals surface area contributed by atoms with E-state index in [0.717, 1.165) is 23.6 Å². The Bertz CT molecular complexity index is 658. The number of benzene rings is 1. The molecule has 0 saturated carbocycles. The van der Waals surface area contributed by atoms with Gasteiger partial charge in [0.15, 0.2) is 0 Å². The normalized spacial score (nSPS) is 24.6. The van der Waals surface area contributed by atoms with E-state index in [4.69, 9.17) is 4.74 Å². The lowest BCUT2D eigenvalue weighted by Crippen LogP contribution is -2.28. The van der Waals surface area contributed by atoms with Crippen LogP contribution in [-0.4, -0.2) is 48.4 Å². The van der Waals surface area contributed by atoms with E-state index >= 15 is 0 Å². The number of rotatable bonds is 4. The number of nitrogens with one attached hydrogen (secondary N) is 2. The average molecular weight is 312 g/mol. The Balaban J connectivity index is 1.49. The SMILES string of the molecule is COc1ccc(-c2[nH]ncc2CN2CCC3(CCNC3)C2)cc1. The summed E-state index contributed by atoms with van der Waals surface area (Å²) in [5.74, 6) is 0.880. The highest BCUT2D eigenvalue weighted by atomic mass is 16.5. The van der Waals surface area contributed by atoms with Crippen molar-refractivity contribution in [3.63, 3.8) is 0 Å². The molecule has 2 saturated heterocycles. The summed E-state index contributed by atoms with van der Waals surface area (Å²) in [6.07, 6.45) is 4.60. The number of ether oxygens (including phenoxy) is 1. The number of hydrogen-bond donors (Lipinski definition) is 2. The van der Waals surface area contributed by atoms with Crippen molar-refractivity contribution in [3.05, 3.63) is 36.0 Å². The van der Waals surface area contributed by atoms with Gasteiger partial charge in [-0.2, -0.15) is 5.10 Å². The van der Waals surface area contributed by atoms with Crippen LogP contribution in [0.5, 0.6) is 5.75 Å². The summed E-state index contributed by atoms with van der Waals surface area (Å²) in [6.45, 7) is 5.72. The Hall–Kier alpha value is -1.85. The smallest absolute Gasteiger partial charge is 0.118 e. The van der Waals surface area contributed by atoms with E-state index in [0.29, 0.717) is 5.41 Å². The molecule has 0 aliphatic carbocycles. The first-order valence-electron chi connectivity index (χ1n) is 8.38. The molecule has 2 aromatic rings. The van der Waals surface area contributed by atoms with E-state index < -0.39 is 0 Å². The molecule has 1 unspecified atom stereocenters. The lowest BCUT2D eigenvalue weighted by Gasteiger charge is -2.22. The molecular formula is C18H24N4O. The van der Waals surface area contributed by atoms with Crippen molar-refractivity contribution in [2.45, 2.75) is 19.4 Å². The number of H-pyrrole nitrogens is 1. The van der Waals surface area contributed by atoms with Crippen LogP contribution in [0.15, 0.2) is 30.5 Å². The molecule has 1 aromatic carbocycles. The average Bonchev–Trinajstić information content (AvgIpc) is 3.31. The number of methoxy groups -OCH3 is 1. The van der Waals surface area contributed by atoms with Crippen molar-refractivity contribution in [1.29, 1.82) is 0 Å². The van der Waals surface area contributed by atoms with Gasteiger partial charge in [0, 0.05) is 30.8 Å². The molecule has 2 aliphatic rings. The summed E-state index contributed by atoms with van der Waals surface area (Å²) in [4.78, 5) is 2.57. The second-order valence-electron chi connectivity index (χ2n) is 6.89. The maximum absolute atomic E-state index is 5.24. The van der Waals surface area contributed by atoms with Crippen molar-refractivity contribution in [2.75, 3.05) is 33.3 Å². The zero-order chi connectivity index (χ0) is 15.7. The predicted octanol–water partition coefficient (Wildman–Crippen LogP) is 2.27. The number of aromatic amines is 1. The molecule has 1 aromatic heterocycles. The van der Waals surface area contributed by atoms with Gasteiger partial charge >= 0.3 is 0 Å². The van der Waals surface area contributed by atoms with Crippen molar-refractivity contribution in [3.8, 4) is 17.0 Å². The third-order valence-electron chi connectivity index (χ3n) is 5.34. The molecule has 0 bridgehead atoms. The van der Waals surface area contributed by atoms with E-state index in [1.54, 1.807) is 7.11 Å². The standard InChI is InChI=1S/C18H24N4O/c1-23-16-4-2-14(3-5-16)17-15(10-20-21-17)11-22-9-7-18(13-22)6-8-19-12-18/h2-5,10,19H,6-9,11-13H2,1H3,(H,20,21). The fraction of sp³-hybridized carbons (Fsp3) is 0.500. The summed E-state index contributed by atoms with van der Waals surface area (Å²) >= 11 is 0. The minimum absolute atomic E-state index is 0.518. The largest absolute Gasteiger partial charge is 0.497 e. The zero-order valence-electron chi connectivity index (χ0n) is 13.6. The number of hydrogen-bond acceptors (Lipinski definition) is 4. The molecule has 0 amide bonds.